The zero-order valence-corrected chi connectivity index (χ0v) is 14.9. The van der Waals surface area contributed by atoms with Gasteiger partial charge in [0.1, 0.15) is 5.82 Å². The number of likely N-dealkylation sites (tertiary alicyclic amines) is 1. The van der Waals surface area contributed by atoms with Gasteiger partial charge in [-0.3, -0.25) is 4.90 Å². The molecule has 2 aromatic heterocycles. The zero-order valence-electron chi connectivity index (χ0n) is 14.9. The van der Waals surface area contributed by atoms with Gasteiger partial charge in [0.25, 0.3) is 0 Å². The SMILES string of the molecule is Cc1nc(CN2CCCC2c2noc(C(C)C)n2)nc2ccccc12. The Labute approximate surface area is 147 Å². The average molecular weight is 337 g/mol. The molecule has 0 aliphatic carbocycles. The monoisotopic (exact) mass is 337 g/mol. The Bertz CT molecular complexity index is 888. The van der Waals surface area contributed by atoms with Crippen LogP contribution in [0.2, 0.25) is 0 Å². The first-order chi connectivity index (χ1) is 12.1. The van der Waals surface area contributed by atoms with Crippen LogP contribution in [0.15, 0.2) is 28.8 Å². The first-order valence-corrected chi connectivity index (χ1v) is 8.91. The van der Waals surface area contributed by atoms with Gasteiger partial charge in [0.15, 0.2) is 5.82 Å². The molecule has 0 radical (unpaired) electrons. The molecule has 1 saturated heterocycles. The number of hydrogen-bond acceptors (Lipinski definition) is 6. The predicted octanol–water partition coefficient (Wildman–Crippen LogP) is 3.78. The van der Waals surface area contributed by atoms with Crippen LogP contribution < -0.4 is 0 Å². The molecule has 6 nitrogen and oxygen atoms in total. The van der Waals surface area contributed by atoms with Gasteiger partial charge in [-0.25, -0.2) is 9.97 Å². The van der Waals surface area contributed by atoms with Gasteiger partial charge < -0.3 is 4.52 Å². The molecule has 6 heteroatoms. The molecule has 1 aromatic carbocycles. The van der Waals surface area contributed by atoms with E-state index in [0.717, 1.165) is 47.6 Å². The molecule has 1 fully saturated rings. The second-order valence-electron chi connectivity index (χ2n) is 7.02. The van der Waals surface area contributed by atoms with E-state index in [-0.39, 0.29) is 12.0 Å². The maximum absolute atomic E-state index is 5.39. The van der Waals surface area contributed by atoms with Crippen molar-refractivity contribution >= 4 is 10.9 Å². The number of aryl methyl sites for hydroxylation is 1. The second kappa shape index (κ2) is 6.52. The lowest BCUT2D eigenvalue weighted by molar-refractivity contribution is 0.228. The van der Waals surface area contributed by atoms with Crippen LogP contribution in [-0.2, 0) is 6.54 Å². The van der Waals surface area contributed by atoms with Crippen LogP contribution in [0.25, 0.3) is 10.9 Å². The molecule has 0 N–H and O–H groups in total. The van der Waals surface area contributed by atoms with Gasteiger partial charge in [0.2, 0.25) is 5.89 Å². The summed E-state index contributed by atoms with van der Waals surface area (Å²) in [5, 5.41) is 5.32. The quantitative estimate of drug-likeness (QED) is 0.721. The predicted molar refractivity (Wildman–Crippen MR) is 95.0 cm³/mol. The van der Waals surface area contributed by atoms with Gasteiger partial charge in [0, 0.05) is 17.0 Å². The number of rotatable bonds is 4. The van der Waals surface area contributed by atoms with E-state index in [4.69, 9.17) is 14.5 Å². The van der Waals surface area contributed by atoms with Crippen molar-refractivity contribution in [2.45, 2.75) is 52.1 Å². The fraction of sp³-hybridized carbons (Fsp3) is 0.474. The summed E-state index contributed by atoms with van der Waals surface area (Å²) in [6.45, 7) is 7.89. The highest BCUT2D eigenvalue weighted by atomic mass is 16.5. The minimum Gasteiger partial charge on any atom is -0.339 e. The van der Waals surface area contributed by atoms with E-state index in [2.05, 4.69) is 35.0 Å². The summed E-state index contributed by atoms with van der Waals surface area (Å²) < 4.78 is 5.39. The van der Waals surface area contributed by atoms with Crippen molar-refractivity contribution in [3.63, 3.8) is 0 Å². The normalized spacial score (nSPS) is 18.5. The van der Waals surface area contributed by atoms with E-state index in [0.29, 0.717) is 12.4 Å². The third kappa shape index (κ3) is 3.14. The van der Waals surface area contributed by atoms with Crippen molar-refractivity contribution in [3.8, 4) is 0 Å². The van der Waals surface area contributed by atoms with E-state index in [1.807, 2.05) is 25.1 Å². The largest absolute Gasteiger partial charge is 0.339 e. The van der Waals surface area contributed by atoms with E-state index >= 15 is 0 Å². The van der Waals surface area contributed by atoms with Gasteiger partial charge in [-0.2, -0.15) is 4.98 Å². The molecule has 25 heavy (non-hydrogen) atoms. The summed E-state index contributed by atoms with van der Waals surface area (Å²) >= 11 is 0. The maximum atomic E-state index is 5.39. The molecule has 130 valence electrons. The third-order valence-corrected chi connectivity index (χ3v) is 4.80. The Morgan fingerprint density at radius 3 is 2.84 bits per heavy atom. The molecule has 1 aliphatic heterocycles. The van der Waals surface area contributed by atoms with Gasteiger partial charge in [-0.05, 0) is 32.4 Å². The molecule has 1 aliphatic rings. The van der Waals surface area contributed by atoms with Crippen LogP contribution in [0.5, 0.6) is 0 Å². The van der Waals surface area contributed by atoms with Crippen molar-refractivity contribution in [1.82, 2.24) is 25.0 Å². The number of benzene rings is 1. The highest BCUT2D eigenvalue weighted by Crippen LogP contribution is 2.32. The van der Waals surface area contributed by atoms with Gasteiger partial charge in [0.05, 0.1) is 18.1 Å². The first-order valence-electron chi connectivity index (χ1n) is 8.91. The Hall–Kier alpha value is -2.34. The van der Waals surface area contributed by atoms with E-state index < -0.39 is 0 Å². The topological polar surface area (TPSA) is 67.9 Å². The minimum absolute atomic E-state index is 0.187. The summed E-state index contributed by atoms with van der Waals surface area (Å²) in [6.07, 6.45) is 2.17. The van der Waals surface area contributed by atoms with E-state index in [1.165, 1.54) is 0 Å². The zero-order chi connectivity index (χ0) is 17.4. The van der Waals surface area contributed by atoms with Crippen LogP contribution in [-0.4, -0.2) is 31.6 Å². The van der Waals surface area contributed by atoms with Crippen LogP contribution in [0.4, 0.5) is 0 Å². The standard InChI is InChI=1S/C19H23N5O/c1-12(2)19-22-18(23-25-19)16-9-6-10-24(16)11-17-20-13(3)14-7-4-5-8-15(14)21-17/h4-5,7-8,12,16H,6,9-11H2,1-3H3. The van der Waals surface area contributed by atoms with Crippen LogP contribution in [0.3, 0.4) is 0 Å². The highest BCUT2D eigenvalue weighted by Gasteiger charge is 2.31. The van der Waals surface area contributed by atoms with Crippen molar-refractivity contribution < 1.29 is 4.52 Å². The van der Waals surface area contributed by atoms with Gasteiger partial charge in [-0.15, -0.1) is 0 Å². The Morgan fingerprint density at radius 2 is 2.04 bits per heavy atom. The summed E-state index contributed by atoms with van der Waals surface area (Å²) in [5.41, 5.74) is 2.03. The van der Waals surface area contributed by atoms with Crippen LogP contribution in [0.1, 0.15) is 61.9 Å². The number of hydrogen-bond donors (Lipinski definition) is 0. The maximum Gasteiger partial charge on any atom is 0.229 e. The molecular weight excluding hydrogens is 314 g/mol. The summed E-state index contributed by atoms with van der Waals surface area (Å²) in [4.78, 5) is 16.4. The Morgan fingerprint density at radius 1 is 1.20 bits per heavy atom. The average Bonchev–Trinajstić information content (AvgIpc) is 3.24. The Balaban J connectivity index is 1.58. The van der Waals surface area contributed by atoms with Crippen molar-refractivity contribution in [2.24, 2.45) is 0 Å². The lowest BCUT2D eigenvalue weighted by atomic mass is 10.2. The number of para-hydroxylation sites is 1. The van der Waals surface area contributed by atoms with Gasteiger partial charge >= 0.3 is 0 Å². The summed E-state index contributed by atoms with van der Waals surface area (Å²) in [6, 6.07) is 8.34. The van der Waals surface area contributed by atoms with E-state index in [1.54, 1.807) is 0 Å². The molecular formula is C19H23N5O. The van der Waals surface area contributed by atoms with Crippen molar-refractivity contribution in [1.29, 1.82) is 0 Å². The molecule has 3 aromatic rings. The van der Waals surface area contributed by atoms with Crippen molar-refractivity contribution in [2.75, 3.05) is 6.54 Å². The Kier molecular flexibility index (Phi) is 4.21. The molecule has 4 rings (SSSR count). The van der Waals surface area contributed by atoms with Crippen LogP contribution >= 0.6 is 0 Å². The lowest BCUT2D eigenvalue weighted by Crippen LogP contribution is -2.25. The van der Waals surface area contributed by atoms with Crippen molar-refractivity contribution in [3.05, 3.63) is 47.5 Å². The first kappa shape index (κ1) is 16.1. The highest BCUT2D eigenvalue weighted by molar-refractivity contribution is 5.80. The minimum atomic E-state index is 0.187. The molecule has 1 unspecified atom stereocenters. The molecule has 1 atom stereocenters. The second-order valence-corrected chi connectivity index (χ2v) is 7.02. The fourth-order valence-electron chi connectivity index (χ4n) is 3.47. The molecule has 0 saturated carbocycles. The number of nitrogens with zero attached hydrogens (tertiary/aromatic N) is 5. The number of aromatic nitrogens is 4. The smallest absolute Gasteiger partial charge is 0.229 e. The van der Waals surface area contributed by atoms with E-state index in [9.17, 15) is 0 Å². The molecule has 0 bridgehead atoms. The third-order valence-electron chi connectivity index (χ3n) is 4.80. The molecule has 0 amide bonds. The molecule has 3 heterocycles. The van der Waals surface area contributed by atoms with Crippen LogP contribution in [0, 0.1) is 6.92 Å². The van der Waals surface area contributed by atoms with Gasteiger partial charge in [-0.1, -0.05) is 37.2 Å². The number of fused-ring (bicyclic) bond motifs is 1. The summed E-state index contributed by atoms with van der Waals surface area (Å²) in [7, 11) is 0. The summed E-state index contributed by atoms with van der Waals surface area (Å²) in [5.74, 6) is 2.61. The lowest BCUT2D eigenvalue weighted by Gasteiger charge is -2.21. The molecule has 0 spiro atoms. The fourth-order valence-corrected chi connectivity index (χ4v) is 3.47.